The maximum atomic E-state index is 5.41. The molecule has 0 aliphatic carbocycles. The molecule has 2 rings (SSSR count). The third-order valence-corrected chi connectivity index (χ3v) is 4.43. The van der Waals surface area contributed by atoms with Crippen LogP contribution in [0.3, 0.4) is 0 Å². The fourth-order valence-electron chi connectivity index (χ4n) is 3.02. The van der Waals surface area contributed by atoms with Gasteiger partial charge in [0.25, 0.3) is 0 Å². The van der Waals surface area contributed by atoms with E-state index in [-0.39, 0.29) is 5.54 Å². The van der Waals surface area contributed by atoms with Gasteiger partial charge in [0, 0.05) is 12.1 Å². The first-order valence-corrected chi connectivity index (χ1v) is 7.15. The van der Waals surface area contributed by atoms with E-state index >= 15 is 0 Å². The van der Waals surface area contributed by atoms with Crippen LogP contribution in [-0.2, 0) is 12.8 Å². The normalized spacial score (nSPS) is 23.0. The molecular weight excluding hydrogens is 236 g/mol. The van der Waals surface area contributed by atoms with Gasteiger partial charge in [0.15, 0.2) is 0 Å². The molecule has 3 heteroatoms. The van der Waals surface area contributed by atoms with Crippen molar-refractivity contribution in [3.8, 4) is 5.75 Å². The molecule has 3 nitrogen and oxygen atoms in total. The number of ether oxygens (including phenoxy) is 1. The lowest BCUT2D eigenvalue weighted by Gasteiger charge is -2.36. The molecule has 1 unspecified atom stereocenters. The maximum Gasteiger partial charge on any atom is 0.122 e. The van der Waals surface area contributed by atoms with Gasteiger partial charge in [0.2, 0.25) is 0 Å². The van der Waals surface area contributed by atoms with Gasteiger partial charge in [0.05, 0.1) is 7.11 Å². The summed E-state index contributed by atoms with van der Waals surface area (Å²) < 4.78 is 5.41. The van der Waals surface area contributed by atoms with Gasteiger partial charge in [-0.15, -0.1) is 0 Å². The number of rotatable bonds is 5. The lowest BCUT2D eigenvalue weighted by atomic mass is 9.88. The average molecular weight is 262 g/mol. The summed E-state index contributed by atoms with van der Waals surface area (Å²) in [6, 6.07) is 6.63. The van der Waals surface area contributed by atoms with Crippen molar-refractivity contribution in [2.45, 2.75) is 31.7 Å². The lowest BCUT2D eigenvalue weighted by molar-refractivity contribution is 0.172. The number of aryl methyl sites for hydroxylation is 1. The Morgan fingerprint density at radius 2 is 2.16 bits per heavy atom. The molecule has 1 fully saturated rings. The highest BCUT2D eigenvalue weighted by Crippen LogP contribution is 2.28. The topological polar surface area (TPSA) is 24.5 Å². The molecule has 106 valence electrons. The Kier molecular flexibility index (Phi) is 4.48. The largest absolute Gasteiger partial charge is 0.496 e. The van der Waals surface area contributed by atoms with Crippen molar-refractivity contribution < 1.29 is 4.74 Å². The Labute approximate surface area is 116 Å². The SMILES string of the molecule is CCc1cc(CC2(N(C)C)CCNC2)ccc1OC. The van der Waals surface area contributed by atoms with Gasteiger partial charge in [-0.25, -0.2) is 0 Å². The first-order valence-electron chi connectivity index (χ1n) is 7.15. The minimum atomic E-state index is 0.263. The van der Waals surface area contributed by atoms with Crippen LogP contribution in [0.15, 0.2) is 18.2 Å². The maximum absolute atomic E-state index is 5.41. The molecule has 0 aromatic heterocycles. The highest BCUT2D eigenvalue weighted by molar-refractivity contribution is 5.38. The highest BCUT2D eigenvalue weighted by atomic mass is 16.5. The first-order chi connectivity index (χ1) is 9.11. The van der Waals surface area contributed by atoms with Crippen LogP contribution in [0.5, 0.6) is 5.75 Å². The number of nitrogens with one attached hydrogen (secondary N) is 1. The van der Waals surface area contributed by atoms with Crippen LogP contribution >= 0.6 is 0 Å². The Morgan fingerprint density at radius 3 is 2.68 bits per heavy atom. The zero-order valence-electron chi connectivity index (χ0n) is 12.6. The zero-order valence-corrected chi connectivity index (χ0v) is 12.6. The quantitative estimate of drug-likeness (QED) is 0.879. The second-order valence-electron chi connectivity index (χ2n) is 5.72. The minimum absolute atomic E-state index is 0.263. The lowest BCUT2D eigenvalue weighted by Crippen LogP contribution is -2.47. The van der Waals surface area contributed by atoms with Crippen molar-refractivity contribution in [3.05, 3.63) is 29.3 Å². The summed E-state index contributed by atoms with van der Waals surface area (Å²) in [5, 5.41) is 3.50. The van der Waals surface area contributed by atoms with Crippen molar-refractivity contribution in [1.82, 2.24) is 10.2 Å². The van der Waals surface area contributed by atoms with Crippen LogP contribution < -0.4 is 10.1 Å². The fraction of sp³-hybridized carbons (Fsp3) is 0.625. The van der Waals surface area contributed by atoms with E-state index in [4.69, 9.17) is 4.74 Å². The van der Waals surface area contributed by atoms with E-state index in [9.17, 15) is 0 Å². The number of methoxy groups -OCH3 is 1. The van der Waals surface area contributed by atoms with E-state index in [1.165, 1.54) is 17.5 Å². The molecule has 1 heterocycles. The fourth-order valence-corrected chi connectivity index (χ4v) is 3.02. The summed E-state index contributed by atoms with van der Waals surface area (Å²) in [5.74, 6) is 1.01. The summed E-state index contributed by atoms with van der Waals surface area (Å²) in [6.45, 7) is 4.38. The third kappa shape index (κ3) is 2.93. The van der Waals surface area contributed by atoms with Crippen LogP contribution in [-0.4, -0.2) is 44.7 Å². The molecule has 1 N–H and O–H groups in total. The predicted octanol–water partition coefficient (Wildman–Crippen LogP) is 2.09. The number of hydrogen-bond acceptors (Lipinski definition) is 3. The Hall–Kier alpha value is -1.06. The highest BCUT2D eigenvalue weighted by Gasteiger charge is 2.35. The van der Waals surface area contributed by atoms with E-state index in [2.05, 4.69) is 49.4 Å². The third-order valence-electron chi connectivity index (χ3n) is 4.43. The van der Waals surface area contributed by atoms with E-state index in [0.29, 0.717) is 0 Å². The smallest absolute Gasteiger partial charge is 0.122 e. The van der Waals surface area contributed by atoms with Gasteiger partial charge in [-0.2, -0.15) is 0 Å². The predicted molar refractivity (Wildman–Crippen MR) is 80.0 cm³/mol. The number of hydrogen-bond donors (Lipinski definition) is 1. The van der Waals surface area contributed by atoms with Crippen LogP contribution in [0.25, 0.3) is 0 Å². The molecular formula is C16H26N2O. The molecule has 1 aromatic carbocycles. The van der Waals surface area contributed by atoms with Crippen LogP contribution in [0.4, 0.5) is 0 Å². The Morgan fingerprint density at radius 1 is 1.37 bits per heavy atom. The minimum Gasteiger partial charge on any atom is -0.496 e. The van der Waals surface area contributed by atoms with Crippen LogP contribution in [0.2, 0.25) is 0 Å². The number of nitrogens with zero attached hydrogens (tertiary/aromatic N) is 1. The van der Waals surface area contributed by atoms with E-state index in [1.807, 2.05) is 0 Å². The molecule has 19 heavy (non-hydrogen) atoms. The van der Waals surface area contributed by atoms with E-state index in [0.717, 1.165) is 31.7 Å². The van der Waals surface area contributed by atoms with Crippen LogP contribution in [0.1, 0.15) is 24.5 Å². The van der Waals surface area contributed by atoms with Crippen molar-refractivity contribution in [3.63, 3.8) is 0 Å². The second kappa shape index (κ2) is 5.93. The van der Waals surface area contributed by atoms with Gasteiger partial charge < -0.3 is 15.0 Å². The summed E-state index contributed by atoms with van der Waals surface area (Å²) >= 11 is 0. The summed E-state index contributed by atoms with van der Waals surface area (Å²) in [5.41, 5.74) is 2.98. The average Bonchev–Trinajstić information content (AvgIpc) is 2.88. The molecule has 1 aromatic rings. The van der Waals surface area contributed by atoms with Gasteiger partial charge in [-0.1, -0.05) is 19.1 Å². The summed E-state index contributed by atoms with van der Waals surface area (Å²) in [4.78, 5) is 2.38. The standard InChI is InChI=1S/C16H26N2O/c1-5-14-10-13(6-7-15(14)19-4)11-16(18(2)3)8-9-17-12-16/h6-7,10,17H,5,8-9,11-12H2,1-4H3. The molecule has 1 saturated heterocycles. The number of benzene rings is 1. The first kappa shape index (κ1) is 14.4. The Balaban J connectivity index is 2.22. The van der Waals surface area contributed by atoms with Gasteiger partial charge in [0.1, 0.15) is 5.75 Å². The summed E-state index contributed by atoms with van der Waals surface area (Å²) in [7, 11) is 6.13. The molecule has 1 atom stereocenters. The van der Waals surface area contributed by atoms with Crippen molar-refractivity contribution in [2.75, 3.05) is 34.3 Å². The van der Waals surface area contributed by atoms with Gasteiger partial charge in [-0.05, 0) is 57.1 Å². The summed E-state index contributed by atoms with van der Waals surface area (Å²) in [6.07, 6.45) is 3.34. The van der Waals surface area contributed by atoms with Gasteiger partial charge >= 0.3 is 0 Å². The molecule has 0 radical (unpaired) electrons. The van der Waals surface area contributed by atoms with Crippen molar-refractivity contribution >= 4 is 0 Å². The number of likely N-dealkylation sites (N-methyl/N-ethyl adjacent to an activating group) is 1. The molecule has 0 bridgehead atoms. The van der Waals surface area contributed by atoms with E-state index in [1.54, 1.807) is 7.11 Å². The molecule has 0 saturated carbocycles. The monoisotopic (exact) mass is 262 g/mol. The molecule has 0 spiro atoms. The zero-order chi connectivity index (χ0) is 13.9. The Bertz CT molecular complexity index is 423. The van der Waals surface area contributed by atoms with Crippen molar-refractivity contribution in [2.24, 2.45) is 0 Å². The van der Waals surface area contributed by atoms with Gasteiger partial charge in [-0.3, -0.25) is 0 Å². The molecule has 0 amide bonds. The molecule has 1 aliphatic heterocycles. The van der Waals surface area contributed by atoms with E-state index < -0.39 is 0 Å². The van der Waals surface area contributed by atoms with Crippen molar-refractivity contribution in [1.29, 1.82) is 0 Å². The van der Waals surface area contributed by atoms with Crippen LogP contribution in [0, 0.1) is 0 Å². The second-order valence-corrected chi connectivity index (χ2v) is 5.72. The molecule has 1 aliphatic rings.